The number of halogens is 1. The van der Waals surface area contributed by atoms with Gasteiger partial charge in [0.2, 0.25) is 0 Å². The number of allylic oxidation sites excluding steroid dienone is 1. The normalized spacial score (nSPS) is 10.5. The van der Waals surface area contributed by atoms with Gasteiger partial charge in [-0.2, -0.15) is 0 Å². The van der Waals surface area contributed by atoms with Crippen molar-refractivity contribution in [2.75, 3.05) is 7.05 Å². The van der Waals surface area contributed by atoms with Gasteiger partial charge >= 0.3 is 0 Å². The van der Waals surface area contributed by atoms with Gasteiger partial charge in [0, 0.05) is 29.4 Å². The lowest BCUT2D eigenvalue weighted by Gasteiger charge is -2.00. The van der Waals surface area contributed by atoms with Crippen molar-refractivity contribution in [2.45, 2.75) is 0 Å². The molecular weight excluding hydrogens is 246 g/mol. The van der Waals surface area contributed by atoms with Crippen molar-refractivity contribution in [1.29, 1.82) is 0 Å². The number of carbonyl (C=O) groups excluding carboxylic acids is 1. The highest BCUT2D eigenvalue weighted by molar-refractivity contribution is 9.10. The molecule has 0 unspecified atom stereocenters. The minimum absolute atomic E-state index is 0.140. The molecule has 3 nitrogen and oxygen atoms in total. The summed E-state index contributed by atoms with van der Waals surface area (Å²) in [5.74, 6) is -0.140. The molecule has 0 amide bonds. The molecule has 0 aliphatic rings. The Morgan fingerprint density at radius 2 is 2.00 bits per heavy atom. The molecule has 0 aliphatic carbocycles. The first kappa shape index (κ1) is 10.9. The maximum atomic E-state index is 11.4. The van der Waals surface area contributed by atoms with E-state index in [0.29, 0.717) is 5.56 Å². The standard InChI is InChI=1S/C10H10BrNO2/c1-12(14)7-6-10(13)8-2-4-9(11)5-3-8/h2-7,14H,1H3/b7-6+. The second-order valence-electron chi connectivity index (χ2n) is 2.76. The summed E-state index contributed by atoms with van der Waals surface area (Å²) in [6, 6.07) is 7.02. The Bertz CT molecular complexity index is 344. The van der Waals surface area contributed by atoms with Gasteiger partial charge in [-0.25, -0.2) is 0 Å². The van der Waals surface area contributed by atoms with Crippen molar-refractivity contribution in [2.24, 2.45) is 0 Å². The minimum Gasteiger partial charge on any atom is -0.289 e. The van der Waals surface area contributed by atoms with Crippen molar-refractivity contribution in [3.05, 3.63) is 46.6 Å². The fourth-order valence-electron chi connectivity index (χ4n) is 0.886. The van der Waals surface area contributed by atoms with E-state index in [9.17, 15) is 4.79 Å². The monoisotopic (exact) mass is 255 g/mol. The van der Waals surface area contributed by atoms with E-state index >= 15 is 0 Å². The third-order valence-electron chi connectivity index (χ3n) is 1.57. The smallest absolute Gasteiger partial charge is 0.187 e. The molecule has 0 radical (unpaired) electrons. The minimum atomic E-state index is -0.140. The number of ketones is 1. The first-order valence-corrected chi connectivity index (χ1v) is 4.78. The molecule has 0 heterocycles. The SMILES string of the molecule is CN(O)/C=C/C(=O)c1ccc(Br)cc1. The van der Waals surface area contributed by atoms with E-state index < -0.39 is 0 Å². The third kappa shape index (κ3) is 3.32. The van der Waals surface area contributed by atoms with Crippen molar-refractivity contribution in [1.82, 2.24) is 5.06 Å². The van der Waals surface area contributed by atoms with Crippen molar-refractivity contribution < 1.29 is 10.0 Å². The van der Waals surface area contributed by atoms with Crippen LogP contribution in [0, 0.1) is 0 Å². The number of hydrogen-bond donors (Lipinski definition) is 1. The van der Waals surface area contributed by atoms with Crippen LogP contribution in [0.25, 0.3) is 0 Å². The molecule has 1 aromatic rings. The van der Waals surface area contributed by atoms with E-state index in [1.54, 1.807) is 24.3 Å². The molecule has 0 fully saturated rings. The number of rotatable bonds is 3. The van der Waals surface area contributed by atoms with Gasteiger partial charge in [-0.1, -0.05) is 15.9 Å². The van der Waals surface area contributed by atoms with Gasteiger partial charge in [-0.3, -0.25) is 15.1 Å². The van der Waals surface area contributed by atoms with Gasteiger partial charge in [0.15, 0.2) is 5.78 Å². The lowest BCUT2D eigenvalue weighted by atomic mass is 10.1. The van der Waals surface area contributed by atoms with Gasteiger partial charge in [0.25, 0.3) is 0 Å². The lowest BCUT2D eigenvalue weighted by molar-refractivity contribution is -0.0130. The molecular formula is C10H10BrNO2. The van der Waals surface area contributed by atoms with Crippen molar-refractivity contribution >= 4 is 21.7 Å². The fourth-order valence-corrected chi connectivity index (χ4v) is 1.15. The molecule has 1 aromatic carbocycles. The molecule has 0 aromatic heterocycles. The van der Waals surface area contributed by atoms with Crippen molar-refractivity contribution in [3.63, 3.8) is 0 Å². The van der Waals surface area contributed by atoms with E-state index in [4.69, 9.17) is 5.21 Å². The van der Waals surface area contributed by atoms with Crippen LogP contribution in [0.15, 0.2) is 41.0 Å². The van der Waals surface area contributed by atoms with Gasteiger partial charge in [-0.05, 0) is 24.3 Å². The Balaban J connectivity index is 2.75. The van der Waals surface area contributed by atoms with E-state index in [0.717, 1.165) is 9.54 Å². The third-order valence-corrected chi connectivity index (χ3v) is 2.10. The zero-order valence-electron chi connectivity index (χ0n) is 7.64. The van der Waals surface area contributed by atoms with Crippen LogP contribution in [-0.2, 0) is 0 Å². The quantitative estimate of drug-likeness (QED) is 0.513. The Morgan fingerprint density at radius 3 is 2.50 bits per heavy atom. The van der Waals surface area contributed by atoms with Crippen LogP contribution in [0.5, 0.6) is 0 Å². The Kier molecular flexibility index (Phi) is 3.85. The predicted octanol–water partition coefficient (Wildman–Crippen LogP) is 2.47. The second kappa shape index (κ2) is 4.93. The second-order valence-corrected chi connectivity index (χ2v) is 3.68. The predicted molar refractivity (Wildman–Crippen MR) is 57.2 cm³/mol. The topological polar surface area (TPSA) is 40.5 Å². The summed E-state index contributed by atoms with van der Waals surface area (Å²) in [4.78, 5) is 11.4. The zero-order chi connectivity index (χ0) is 10.6. The van der Waals surface area contributed by atoms with Gasteiger partial charge in [-0.15, -0.1) is 0 Å². The molecule has 0 saturated heterocycles. The fraction of sp³-hybridized carbons (Fsp3) is 0.100. The van der Waals surface area contributed by atoms with E-state index in [1.165, 1.54) is 19.3 Å². The number of hydroxylamine groups is 2. The molecule has 14 heavy (non-hydrogen) atoms. The molecule has 0 aliphatic heterocycles. The van der Waals surface area contributed by atoms with Gasteiger partial charge < -0.3 is 0 Å². The summed E-state index contributed by atoms with van der Waals surface area (Å²) >= 11 is 3.28. The largest absolute Gasteiger partial charge is 0.289 e. The lowest BCUT2D eigenvalue weighted by Crippen LogP contribution is -2.03. The molecule has 0 spiro atoms. The van der Waals surface area contributed by atoms with Crippen LogP contribution in [0.3, 0.4) is 0 Å². The Hall–Kier alpha value is -1.13. The summed E-state index contributed by atoms with van der Waals surface area (Å²) in [5, 5.41) is 9.61. The maximum absolute atomic E-state index is 11.4. The molecule has 74 valence electrons. The average Bonchev–Trinajstić information content (AvgIpc) is 2.15. The first-order valence-electron chi connectivity index (χ1n) is 3.99. The highest BCUT2D eigenvalue weighted by atomic mass is 79.9. The van der Waals surface area contributed by atoms with E-state index in [1.807, 2.05) is 0 Å². The summed E-state index contributed by atoms with van der Waals surface area (Å²) in [5.41, 5.74) is 0.589. The van der Waals surface area contributed by atoms with E-state index in [-0.39, 0.29) is 5.78 Å². The molecule has 0 saturated carbocycles. The summed E-state index contributed by atoms with van der Waals surface area (Å²) in [7, 11) is 1.44. The highest BCUT2D eigenvalue weighted by Crippen LogP contribution is 2.11. The summed E-state index contributed by atoms with van der Waals surface area (Å²) in [6.07, 6.45) is 2.60. The molecule has 4 heteroatoms. The van der Waals surface area contributed by atoms with Crippen molar-refractivity contribution in [3.8, 4) is 0 Å². The first-order chi connectivity index (χ1) is 6.59. The van der Waals surface area contributed by atoms with E-state index in [2.05, 4.69) is 15.9 Å². The van der Waals surface area contributed by atoms with Crippen LogP contribution in [0.1, 0.15) is 10.4 Å². The number of hydrogen-bond acceptors (Lipinski definition) is 3. The molecule has 0 bridgehead atoms. The molecule has 0 atom stereocenters. The Labute approximate surface area is 90.7 Å². The molecule has 1 rings (SSSR count). The number of nitrogens with zero attached hydrogens (tertiary/aromatic N) is 1. The molecule has 1 N–H and O–H groups in total. The van der Waals surface area contributed by atoms with Crippen LogP contribution in [0.2, 0.25) is 0 Å². The number of carbonyl (C=O) groups is 1. The van der Waals surface area contributed by atoms with Crippen LogP contribution >= 0.6 is 15.9 Å². The highest BCUT2D eigenvalue weighted by Gasteiger charge is 2.00. The average molecular weight is 256 g/mol. The number of benzene rings is 1. The van der Waals surface area contributed by atoms with Gasteiger partial charge in [0.05, 0.1) is 0 Å². The van der Waals surface area contributed by atoms with Crippen LogP contribution in [0.4, 0.5) is 0 Å². The zero-order valence-corrected chi connectivity index (χ0v) is 9.23. The van der Waals surface area contributed by atoms with Crippen LogP contribution in [-0.4, -0.2) is 23.1 Å². The Morgan fingerprint density at radius 1 is 1.43 bits per heavy atom. The van der Waals surface area contributed by atoms with Gasteiger partial charge in [0.1, 0.15) is 0 Å². The summed E-state index contributed by atoms with van der Waals surface area (Å²) in [6.45, 7) is 0. The summed E-state index contributed by atoms with van der Waals surface area (Å²) < 4.78 is 0.928. The van der Waals surface area contributed by atoms with Crippen LogP contribution < -0.4 is 0 Å². The maximum Gasteiger partial charge on any atom is 0.187 e.